The van der Waals surface area contributed by atoms with E-state index in [9.17, 15) is 13.5 Å². The third kappa shape index (κ3) is 2.44. The van der Waals surface area contributed by atoms with E-state index in [4.69, 9.17) is 11.6 Å². The van der Waals surface area contributed by atoms with E-state index >= 15 is 0 Å². The second-order valence-corrected chi connectivity index (χ2v) is 7.54. The van der Waals surface area contributed by atoms with Crippen molar-refractivity contribution < 1.29 is 13.5 Å². The molecule has 6 nitrogen and oxygen atoms in total. The lowest BCUT2D eigenvalue weighted by molar-refractivity contribution is 0.171. The zero-order valence-electron chi connectivity index (χ0n) is 12.0. The summed E-state index contributed by atoms with van der Waals surface area (Å²) in [6.07, 6.45) is 2.08. The summed E-state index contributed by atoms with van der Waals surface area (Å²) in [7, 11) is -1.94. The summed E-state index contributed by atoms with van der Waals surface area (Å²) < 4.78 is 28.9. The highest BCUT2D eigenvalue weighted by molar-refractivity contribution is 7.89. The van der Waals surface area contributed by atoms with Crippen LogP contribution in [0.5, 0.6) is 0 Å². The number of benzene rings is 1. The second-order valence-electron chi connectivity index (χ2n) is 5.27. The van der Waals surface area contributed by atoms with Crippen LogP contribution in [0.4, 0.5) is 0 Å². The summed E-state index contributed by atoms with van der Waals surface area (Å²) in [4.78, 5) is 4.30. The molecule has 118 valence electrons. The smallest absolute Gasteiger partial charge is 0.245 e. The van der Waals surface area contributed by atoms with E-state index in [1.807, 2.05) is 11.6 Å². The van der Waals surface area contributed by atoms with Gasteiger partial charge in [-0.15, -0.1) is 0 Å². The van der Waals surface area contributed by atoms with Gasteiger partial charge in [-0.3, -0.25) is 0 Å². The van der Waals surface area contributed by atoms with Crippen LogP contribution in [0.2, 0.25) is 5.02 Å². The molecule has 0 fully saturated rings. The Bertz CT molecular complexity index is 803. The lowest BCUT2D eigenvalue weighted by Gasteiger charge is -2.33. The minimum Gasteiger partial charge on any atom is -0.395 e. The van der Waals surface area contributed by atoms with E-state index in [1.54, 1.807) is 24.5 Å². The molecule has 0 spiro atoms. The highest BCUT2D eigenvalue weighted by atomic mass is 35.5. The molecule has 0 saturated carbocycles. The Hall–Kier alpha value is -1.41. The van der Waals surface area contributed by atoms with Gasteiger partial charge in [0.25, 0.3) is 0 Å². The summed E-state index contributed by atoms with van der Waals surface area (Å²) in [5.74, 6) is 0. The Balaban J connectivity index is 2.05. The fourth-order valence-corrected chi connectivity index (χ4v) is 4.79. The van der Waals surface area contributed by atoms with Gasteiger partial charge in [0.05, 0.1) is 36.2 Å². The van der Waals surface area contributed by atoms with E-state index in [0.29, 0.717) is 12.1 Å². The summed E-state index contributed by atoms with van der Waals surface area (Å²) in [6.45, 7) is -0.122. The zero-order chi connectivity index (χ0) is 15.9. The molecule has 1 aliphatic heterocycles. The van der Waals surface area contributed by atoms with Crippen molar-refractivity contribution in [3.05, 3.63) is 47.0 Å². The van der Waals surface area contributed by atoms with Gasteiger partial charge in [-0.05, 0) is 12.1 Å². The number of aliphatic hydroxyl groups excluding tert-OH is 1. The molecule has 1 N–H and O–H groups in total. The van der Waals surface area contributed by atoms with E-state index in [1.165, 1.54) is 10.4 Å². The van der Waals surface area contributed by atoms with E-state index in [0.717, 1.165) is 5.69 Å². The SMILES string of the molecule is Cn1cnc2c1C[C@@H](CO)N(S(=O)(=O)c1ccccc1Cl)C2. The second kappa shape index (κ2) is 5.66. The standard InChI is InChI=1S/C14H16ClN3O3S/c1-17-9-16-12-7-18(10(8-19)6-13(12)17)22(20,21)14-5-3-2-4-11(14)15/h2-5,9-10,19H,6-8H2,1H3/t10-/m0/s1. The molecule has 8 heteroatoms. The summed E-state index contributed by atoms with van der Waals surface area (Å²) in [6, 6.07) is 5.79. The molecule has 1 atom stereocenters. The molecule has 0 amide bonds. The minimum atomic E-state index is -3.80. The van der Waals surface area contributed by atoms with Gasteiger partial charge >= 0.3 is 0 Å². The van der Waals surface area contributed by atoms with Crippen LogP contribution in [0.3, 0.4) is 0 Å². The molecule has 22 heavy (non-hydrogen) atoms. The Kier molecular flexibility index (Phi) is 3.98. The van der Waals surface area contributed by atoms with E-state index in [2.05, 4.69) is 4.98 Å². The average molecular weight is 342 g/mol. The number of rotatable bonds is 3. The monoisotopic (exact) mass is 341 g/mol. The van der Waals surface area contributed by atoms with Crippen molar-refractivity contribution in [2.24, 2.45) is 7.05 Å². The molecule has 0 radical (unpaired) electrons. The number of sulfonamides is 1. The van der Waals surface area contributed by atoms with Gasteiger partial charge in [-0.25, -0.2) is 13.4 Å². The third-order valence-electron chi connectivity index (χ3n) is 3.92. The Morgan fingerprint density at radius 3 is 2.82 bits per heavy atom. The predicted molar refractivity (Wildman–Crippen MR) is 82.0 cm³/mol. The van der Waals surface area contributed by atoms with Crippen LogP contribution in [0, 0.1) is 0 Å². The quantitative estimate of drug-likeness (QED) is 0.909. The van der Waals surface area contributed by atoms with Crippen molar-refractivity contribution in [2.45, 2.75) is 23.9 Å². The lowest BCUT2D eigenvalue weighted by atomic mass is 10.1. The van der Waals surface area contributed by atoms with Crippen LogP contribution in [-0.2, 0) is 30.0 Å². The van der Waals surface area contributed by atoms with E-state index < -0.39 is 16.1 Å². The van der Waals surface area contributed by atoms with Crippen LogP contribution in [0.1, 0.15) is 11.4 Å². The molecule has 2 aromatic rings. The topological polar surface area (TPSA) is 75.4 Å². The number of aliphatic hydroxyl groups is 1. The van der Waals surface area contributed by atoms with Crippen LogP contribution in [-0.4, -0.2) is 40.0 Å². The first-order chi connectivity index (χ1) is 10.4. The predicted octanol–water partition coefficient (Wildman–Crippen LogP) is 1.18. The number of hydrogen-bond acceptors (Lipinski definition) is 4. The van der Waals surface area contributed by atoms with Crippen LogP contribution < -0.4 is 0 Å². The number of imidazole rings is 1. The Morgan fingerprint density at radius 2 is 2.14 bits per heavy atom. The molecule has 0 saturated heterocycles. The maximum Gasteiger partial charge on any atom is 0.245 e. The average Bonchev–Trinajstić information content (AvgIpc) is 2.87. The van der Waals surface area contributed by atoms with Gasteiger partial charge in [0.2, 0.25) is 10.0 Å². The van der Waals surface area contributed by atoms with Gasteiger partial charge in [0, 0.05) is 19.2 Å². The number of aryl methyl sites for hydroxylation is 1. The summed E-state index contributed by atoms with van der Waals surface area (Å²) in [5.41, 5.74) is 1.66. The van der Waals surface area contributed by atoms with Crippen molar-refractivity contribution in [1.29, 1.82) is 0 Å². The molecule has 2 heterocycles. The summed E-state index contributed by atoms with van der Waals surface area (Å²) >= 11 is 6.04. The maximum absolute atomic E-state index is 12.9. The zero-order valence-corrected chi connectivity index (χ0v) is 13.5. The van der Waals surface area contributed by atoms with Gasteiger partial charge in [-0.2, -0.15) is 4.31 Å². The first kappa shape index (κ1) is 15.5. The molecule has 3 rings (SSSR count). The largest absolute Gasteiger partial charge is 0.395 e. The van der Waals surface area contributed by atoms with Gasteiger partial charge in [-0.1, -0.05) is 23.7 Å². The normalized spacial score (nSPS) is 19.1. The molecular formula is C14H16ClN3O3S. The molecule has 0 bridgehead atoms. The fourth-order valence-electron chi connectivity index (χ4n) is 2.72. The number of halogens is 1. The van der Waals surface area contributed by atoms with Crippen LogP contribution in [0.15, 0.2) is 35.5 Å². The number of aromatic nitrogens is 2. The highest BCUT2D eigenvalue weighted by Crippen LogP contribution is 2.31. The Morgan fingerprint density at radius 1 is 1.41 bits per heavy atom. The van der Waals surface area contributed by atoms with Crippen molar-refractivity contribution in [1.82, 2.24) is 13.9 Å². The van der Waals surface area contributed by atoms with Crippen molar-refractivity contribution in [3.8, 4) is 0 Å². The lowest BCUT2D eigenvalue weighted by Crippen LogP contribution is -2.46. The fraction of sp³-hybridized carbons (Fsp3) is 0.357. The number of hydrogen-bond donors (Lipinski definition) is 1. The number of fused-ring (bicyclic) bond motifs is 1. The first-order valence-corrected chi connectivity index (χ1v) is 8.63. The van der Waals surface area contributed by atoms with Crippen LogP contribution in [0.25, 0.3) is 0 Å². The molecule has 0 aliphatic carbocycles. The molecule has 0 unspecified atom stereocenters. The first-order valence-electron chi connectivity index (χ1n) is 6.81. The van der Waals surface area contributed by atoms with Crippen LogP contribution >= 0.6 is 11.6 Å². The maximum atomic E-state index is 12.9. The van der Waals surface area contributed by atoms with Crippen molar-refractivity contribution >= 4 is 21.6 Å². The number of nitrogens with zero attached hydrogens (tertiary/aromatic N) is 3. The molecule has 1 aromatic carbocycles. The molecule has 1 aromatic heterocycles. The molecule has 1 aliphatic rings. The van der Waals surface area contributed by atoms with Gasteiger partial charge in [0.1, 0.15) is 4.90 Å². The summed E-state index contributed by atoms with van der Waals surface area (Å²) in [5, 5.41) is 9.80. The van der Waals surface area contributed by atoms with Crippen molar-refractivity contribution in [2.75, 3.05) is 6.61 Å². The minimum absolute atomic E-state index is 0.0505. The highest BCUT2D eigenvalue weighted by Gasteiger charge is 2.37. The van der Waals surface area contributed by atoms with E-state index in [-0.39, 0.29) is 23.1 Å². The van der Waals surface area contributed by atoms with Gasteiger partial charge < -0.3 is 9.67 Å². The van der Waals surface area contributed by atoms with Gasteiger partial charge in [0.15, 0.2) is 0 Å². The molecular weight excluding hydrogens is 326 g/mol. The third-order valence-corrected chi connectivity index (χ3v) is 6.32. The van der Waals surface area contributed by atoms with Crippen molar-refractivity contribution in [3.63, 3.8) is 0 Å². The Labute approximate surface area is 134 Å².